The van der Waals surface area contributed by atoms with Gasteiger partial charge in [0.1, 0.15) is 0 Å². The minimum absolute atomic E-state index is 0.677. The summed E-state index contributed by atoms with van der Waals surface area (Å²) in [5.74, 6) is 7.15. The van der Waals surface area contributed by atoms with Crippen LogP contribution in [0.5, 0.6) is 0 Å². The van der Waals surface area contributed by atoms with Crippen molar-refractivity contribution in [3.63, 3.8) is 0 Å². The minimum atomic E-state index is 0.677. The highest BCUT2D eigenvalue weighted by Crippen LogP contribution is 2.68. The quantitative estimate of drug-likeness (QED) is 0.453. The van der Waals surface area contributed by atoms with Crippen LogP contribution < -0.4 is 0 Å². The SMILES string of the molecule is CC(C)CCC[C@H](C)[C@H]1CC[C@H]2[C@H]3CC[C@H]4CCCC[C@]4(C)[C@@H]3CC[C@]12C. The molecule has 4 fully saturated rings. The molecule has 0 N–H and O–H groups in total. The summed E-state index contributed by atoms with van der Waals surface area (Å²) in [5.41, 5.74) is 1.39. The van der Waals surface area contributed by atoms with Crippen LogP contribution in [0, 0.1) is 52.3 Å². The lowest BCUT2D eigenvalue weighted by atomic mass is 9.44. The summed E-state index contributed by atoms with van der Waals surface area (Å²) in [6.45, 7) is 12.9. The molecule has 0 radical (unpaired) electrons. The van der Waals surface area contributed by atoms with E-state index >= 15 is 0 Å². The van der Waals surface area contributed by atoms with Crippen LogP contribution in [-0.4, -0.2) is 0 Å². The van der Waals surface area contributed by atoms with Gasteiger partial charge in [-0.15, -0.1) is 0 Å². The highest BCUT2D eigenvalue weighted by molar-refractivity contribution is 5.09. The van der Waals surface area contributed by atoms with Crippen molar-refractivity contribution < 1.29 is 0 Å². The first-order valence-electron chi connectivity index (χ1n) is 12.9. The minimum Gasteiger partial charge on any atom is -0.0628 e. The molecule has 0 saturated heterocycles. The molecule has 0 aliphatic heterocycles. The maximum Gasteiger partial charge on any atom is -0.0264 e. The Balaban J connectivity index is 1.46. The number of rotatable bonds is 5. The second-order valence-electron chi connectivity index (χ2n) is 12.4. The highest BCUT2D eigenvalue weighted by atomic mass is 14.6. The fourth-order valence-corrected chi connectivity index (χ4v) is 9.32. The van der Waals surface area contributed by atoms with E-state index in [4.69, 9.17) is 0 Å². The van der Waals surface area contributed by atoms with Gasteiger partial charge in [-0.05, 0) is 104 Å². The van der Waals surface area contributed by atoms with E-state index in [1.54, 1.807) is 51.4 Å². The van der Waals surface area contributed by atoms with E-state index in [1.165, 1.54) is 32.1 Å². The Bertz CT molecular complexity index is 506. The van der Waals surface area contributed by atoms with E-state index in [0.29, 0.717) is 10.8 Å². The van der Waals surface area contributed by atoms with E-state index in [9.17, 15) is 0 Å². The molecule has 0 heteroatoms. The van der Waals surface area contributed by atoms with Crippen molar-refractivity contribution in [2.75, 3.05) is 0 Å². The lowest BCUT2D eigenvalue weighted by molar-refractivity contribution is -0.114. The first-order valence-corrected chi connectivity index (χ1v) is 12.9. The Morgan fingerprint density at radius 1 is 0.741 bits per heavy atom. The average Bonchev–Trinajstić information content (AvgIpc) is 2.98. The van der Waals surface area contributed by atoms with Crippen LogP contribution in [0.15, 0.2) is 0 Å². The van der Waals surface area contributed by atoms with Crippen molar-refractivity contribution >= 4 is 0 Å². The molecule has 0 heterocycles. The van der Waals surface area contributed by atoms with E-state index in [-0.39, 0.29) is 0 Å². The van der Waals surface area contributed by atoms with Gasteiger partial charge >= 0.3 is 0 Å². The lowest BCUT2D eigenvalue weighted by Gasteiger charge is -2.61. The highest BCUT2D eigenvalue weighted by Gasteiger charge is 2.59. The third-order valence-corrected chi connectivity index (χ3v) is 10.8. The molecular formula is C27H48. The molecule has 0 bridgehead atoms. The van der Waals surface area contributed by atoms with Crippen LogP contribution in [0.4, 0.5) is 0 Å². The summed E-state index contributed by atoms with van der Waals surface area (Å²) in [7, 11) is 0. The number of fused-ring (bicyclic) bond motifs is 5. The molecule has 4 aliphatic rings. The van der Waals surface area contributed by atoms with Gasteiger partial charge in [0.05, 0.1) is 0 Å². The van der Waals surface area contributed by atoms with Gasteiger partial charge in [-0.25, -0.2) is 0 Å². The van der Waals surface area contributed by atoms with Crippen LogP contribution in [0.1, 0.15) is 118 Å². The van der Waals surface area contributed by atoms with Crippen LogP contribution in [0.2, 0.25) is 0 Å². The summed E-state index contributed by atoms with van der Waals surface area (Å²) < 4.78 is 0. The predicted molar refractivity (Wildman–Crippen MR) is 118 cm³/mol. The van der Waals surface area contributed by atoms with Crippen molar-refractivity contribution in [2.24, 2.45) is 52.3 Å². The van der Waals surface area contributed by atoms with Gasteiger partial charge in [0.15, 0.2) is 0 Å². The Kier molecular flexibility index (Phi) is 5.77. The van der Waals surface area contributed by atoms with Crippen molar-refractivity contribution in [3.05, 3.63) is 0 Å². The molecule has 156 valence electrons. The molecule has 4 saturated carbocycles. The Hall–Kier alpha value is 0. The van der Waals surface area contributed by atoms with Crippen LogP contribution >= 0.6 is 0 Å². The summed E-state index contributed by atoms with van der Waals surface area (Å²) in [5, 5.41) is 0. The zero-order valence-corrected chi connectivity index (χ0v) is 19.2. The van der Waals surface area contributed by atoms with E-state index < -0.39 is 0 Å². The zero-order valence-electron chi connectivity index (χ0n) is 19.2. The predicted octanol–water partition coefficient (Wildman–Crippen LogP) is 8.50. The Labute approximate surface area is 170 Å². The second-order valence-corrected chi connectivity index (χ2v) is 12.4. The van der Waals surface area contributed by atoms with Gasteiger partial charge in [0.2, 0.25) is 0 Å². The monoisotopic (exact) mass is 372 g/mol. The fraction of sp³-hybridized carbons (Fsp3) is 1.00. The molecular weight excluding hydrogens is 324 g/mol. The zero-order chi connectivity index (χ0) is 19.2. The molecule has 0 aromatic heterocycles. The number of hydrogen-bond donors (Lipinski definition) is 0. The molecule has 27 heavy (non-hydrogen) atoms. The first kappa shape index (κ1) is 20.3. The van der Waals surface area contributed by atoms with Crippen molar-refractivity contribution in [1.29, 1.82) is 0 Å². The largest absolute Gasteiger partial charge is 0.0628 e. The molecule has 0 amide bonds. The van der Waals surface area contributed by atoms with Gasteiger partial charge in [0.25, 0.3) is 0 Å². The standard InChI is InChI=1S/C27H48/c1-19(2)9-8-10-20(3)23-14-15-24-22-13-12-21-11-6-7-17-26(21,4)25(22)16-18-27(23,24)5/h19-25H,6-18H2,1-5H3/t20-,21+,22+,23+,24-,25+,26-,27+/m0/s1. The summed E-state index contributed by atoms with van der Waals surface area (Å²) in [6.07, 6.45) is 19.9. The van der Waals surface area contributed by atoms with Crippen LogP contribution in [0.25, 0.3) is 0 Å². The van der Waals surface area contributed by atoms with Crippen LogP contribution in [-0.2, 0) is 0 Å². The molecule has 8 atom stereocenters. The van der Waals surface area contributed by atoms with Gasteiger partial charge in [-0.3, -0.25) is 0 Å². The molecule has 4 aliphatic carbocycles. The first-order chi connectivity index (χ1) is 12.9. The average molecular weight is 373 g/mol. The second kappa shape index (κ2) is 7.68. The van der Waals surface area contributed by atoms with Gasteiger partial charge in [0, 0.05) is 0 Å². The van der Waals surface area contributed by atoms with E-state index in [0.717, 1.165) is 41.4 Å². The van der Waals surface area contributed by atoms with Crippen molar-refractivity contribution in [2.45, 2.75) is 118 Å². The van der Waals surface area contributed by atoms with Gasteiger partial charge in [-0.2, -0.15) is 0 Å². The third kappa shape index (κ3) is 3.44. The molecule has 4 rings (SSSR count). The number of hydrogen-bond acceptors (Lipinski definition) is 0. The van der Waals surface area contributed by atoms with Crippen molar-refractivity contribution in [3.8, 4) is 0 Å². The maximum absolute atomic E-state index is 2.75. The topological polar surface area (TPSA) is 0 Å². The third-order valence-electron chi connectivity index (χ3n) is 10.8. The normalized spacial score (nSPS) is 48.0. The summed E-state index contributed by atoms with van der Waals surface area (Å²) >= 11 is 0. The Morgan fingerprint density at radius 2 is 1.52 bits per heavy atom. The molecule has 0 spiro atoms. The fourth-order valence-electron chi connectivity index (χ4n) is 9.32. The molecule has 0 aromatic rings. The van der Waals surface area contributed by atoms with Crippen molar-refractivity contribution in [1.82, 2.24) is 0 Å². The maximum atomic E-state index is 2.75. The summed E-state index contributed by atoms with van der Waals surface area (Å²) in [6, 6.07) is 0. The molecule has 0 aromatic carbocycles. The van der Waals surface area contributed by atoms with E-state index in [1.807, 2.05) is 0 Å². The van der Waals surface area contributed by atoms with Crippen LogP contribution in [0.3, 0.4) is 0 Å². The lowest BCUT2D eigenvalue weighted by Crippen LogP contribution is -2.53. The van der Waals surface area contributed by atoms with Gasteiger partial charge < -0.3 is 0 Å². The molecule has 0 unspecified atom stereocenters. The molecule has 0 nitrogen and oxygen atoms in total. The summed E-state index contributed by atoms with van der Waals surface area (Å²) in [4.78, 5) is 0. The van der Waals surface area contributed by atoms with E-state index in [2.05, 4.69) is 34.6 Å². The Morgan fingerprint density at radius 3 is 2.30 bits per heavy atom. The smallest absolute Gasteiger partial charge is 0.0264 e. The van der Waals surface area contributed by atoms with Gasteiger partial charge in [-0.1, -0.05) is 66.7 Å².